The van der Waals surface area contributed by atoms with E-state index in [1.165, 1.54) is 5.56 Å². The van der Waals surface area contributed by atoms with Crippen LogP contribution in [0.4, 0.5) is 0 Å². The Morgan fingerprint density at radius 1 is 1.14 bits per heavy atom. The maximum atomic E-state index is 9.64. The van der Waals surface area contributed by atoms with Crippen molar-refractivity contribution in [3.63, 3.8) is 0 Å². The van der Waals surface area contributed by atoms with E-state index in [0.717, 1.165) is 13.1 Å². The predicted molar refractivity (Wildman–Crippen MR) is 85.2 cm³/mol. The van der Waals surface area contributed by atoms with Gasteiger partial charge >= 0.3 is 0 Å². The van der Waals surface area contributed by atoms with Gasteiger partial charge in [-0.3, -0.25) is 0 Å². The lowest BCUT2D eigenvalue weighted by atomic mass is 9.95. The van der Waals surface area contributed by atoms with Crippen LogP contribution in [0.3, 0.4) is 0 Å². The molecule has 0 aliphatic carbocycles. The Kier molecular flexibility index (Phi) is 8.54. The van der Waals surface area contributed by atoms with Gasteiger partial charge in [-0.2, -0.15) is 0 Å². The summed E-state index contributed by atoms with van der Waals surface area (Å²) in [6, 6.07) is 10.3. The molecule has 1 atom stereocenters. The van der Waals surface area contributed by atoms with Crippen molar-refractivity contribution in [2.24, 2.45) is 5.41 Å². The minimum Gasteiger partial charge on any atom is -0.388 e. The Labute approximate surface area is 128 Å². The van der Waals surface area contributed by atoms with Crippen molar-refractivity contribution in [1.29, 1.82) is 0 Å². The summed E-state index contributed by atoms with van der Waals surface area (Å²) >= 11 is 0. The van der Waals surface area contributed by atoms with Gasteiger partial charge in [0.05, 0.1) is 19.8 Å². The average molecular weight is 295 g/mol. The highest BCUT2D eigenvalue weighted by molar-refractivity contribution is 5.14. The molecule has 2 N–H and O–H groups in total. The molecule has 0 amide bonds. The molecule has 120 valence electrons. The minimum atomic E-state index is -0.543. The van der Waals surface area contributed by atoms with Crippen molar-refractivity contribution in [3.8, 4) is 0 Å². The Bertz CT molecular complexity index is 368. The van der Waals surface area contributed by atoms with E-state index < -0.39 is 6.10 Å². The molecule has 0 saturated heterocycles. The number of aliphatic hydroxyl groups excluding tert-OH is 1. The molecule has 1 aromatic rings. The second-order valence-electron chi connectivity index (χ2n) is 6.08. The highest BCUT2D eigenvalue weighted by atomic mass is 16.5. The molecule has 0 radical (unpaired) electrons. The van der Waals surface area contributed by atoms with Crippen LogP contribution in [0, 0.1) is 5.41 Å². The first-order valence-electron chi connectivity index (χ1n) is 7.61. The molecule has 1 rings (SSSR count). The summed E-state index contributed by atoms with van der Waals surface area (Å²) < 4.78 is 10.7. The Hall–Kier alpha value is -0.940. The molecule has 4 heteroatoms. The van der Waals surface area contributed by atoms with Crippen LogP contribution in [0.2, 0.25) is 0 Å². The topological polar surface area (TPSA) is 50.7 Å². The van der Waals surface area contributed by atoms with Gasteiger partial charge in [0.1, 0.15) is 6.10 Å². The van der Waals surface area contributed by atoms with Crippen molar-refractivity contribution in [3.05, 3.63) is 35.9 Å². The zero-order valence-electron chi connectivity index (χ0n) is 13.5. The van der Waals surface area contributed by atoms with E-state index in [-0.39, 0.29) is 5.41 Å². The molecule has 0 aliphatic heterocycles. The number of aliphatic hydroxyl groups is 1. The maximum absolute atomic E-state index is 9.64. The summed E-state index contributed by atoms with van der Waals surface area (Å²) in [7, 11) is 0. The molecule has 0 bridgehead atoms. The lowest BCUT2D eigenvalue weighted by Gasteiger charge is -2.25. The summed E-state index contributed by atoms with van der Waals surface area (Å²) in [4.78, 5) is 0. The largest absolute Gasteiger partial charge is 0.388 e. The summed E-state index contributed by atoms with van der Waals surface area (Å²) in [5.74, 6) is 0. The number of hydrogen-bond acceptors (Lipinski definition) is 4. The predicted octanol–water partition coefficient (Wildman–Crippen LogP) is 2.22. The monoisotopic (exact) mass is 295 g/mol. The van der Waals surface area contributed by atoms with Gasteiger partial charge < -0.3 is 19.9 Å². The molecule has 0 aliphatic rings. The standard InChI is InChI=1S/C17H29NO3/c1-4-20-11-16(19)12-21-14-17(2,3)13-18-10-15-8-6-5-7-9-15/h5-9,16,18-19H,4,10-14H2,1-3H3. The first kappa shape index (κ1) is 18.1. The molecule has 0 spiro atoms. The van der Waals surface area contributed by atoms with Crippen LogP contribution in [0.1, 0.15) is 26.3 Å². The van der Waals surface area contributed by atoms with Gasteiger partial charge in [-0.25, -0.2) is 0 Å². The summed E-state index contributed by atoms with van der Waals surface area (Å²) in [6.45, 7) is 9.82. The van der Waals surface area contributed by atoms with Crippen molar-refractivity contribution in [2.75, 3.05) is 33.0 Å². The summed E-state index contributed by atoms with van der Waals surface area (Å²) in [5.41, 5.74) is 1.31. The quantitative estimate of drug-likeness (QED) is 0.657. The lowest BCUT2D eigenvalue weighted by molar-refractivity contribution is -0.0336. The molecule has 1 unspecified atom stereocenters. The SMILES string of the molecule is CCOCC(O)COCC(C)(C)CNCc1ccccc1. The Balaban J connectivity index is 2.15. The maximum Gasteiger partial charge on any atom is 0.101 e. The summed E-state index contributed by atoms with van der Waals surface area (Å²) in [5, 5.41) is 13.1. The van der Waals surface area contributed by atoms with E-state index in [4.69, 9.17) is 9.47 Å². The van der Waals surface area contributed by atoms with Crippen molar-refractivity contribution >= 4 is 0 Å². The van der Waals surface area contributed by atoms with Gasteiger partial charge in [0.2, 0.25) is 0 Å². The van der Waals surface area contributed by atoms with Crippen LogP contribution in [0.15, 0.2) is 30.3 Å². The van der Waals surface area contributed by atoms with Crippen LogP contribution < -0.4 is 5.32 Å². The molecule has 0 heterocycles. The molecule has 0 saturated carbocycles. The van der Waals surface area contributed by atoms with Gasteiger partial charge in [0.25, 0.3) is 0 Å². The van der Waals surface area contributed by atoms with E-state index >= 15 is 0 Å². The lowest BCUT2D eigenvalue weighted by Crippen LogP contribution is -2.34. The van der Waals surface area contributed by atoms with Crippen molar-refractivity contribution in [1.82, 2.24) is 5.32 Å². The van der Waals surface area contributed by atoms with Gasteiger partial charge in [-0.15, -0.1) is 0 Å². The number of rotatable bonds is 11. The third-order valence-corrected chi connectivity index (χ3v) is 3.09. The second-order valence-corrected chi connectivity index (χ2v) is 6.08. The number of nitrogens with one attached hydrogen (secondary N) is 1. The third kappa shape index (κ3) is 8.83. The Morgan fingerprint density at radius 3 is 2.48 bits per heavy atom. The molecule has 0 aromatic heterocycles. The fraction of sp³-hybridized carbons (Fsp3) is 0.647. The highest BCUT2D eigenvalue weighted by Crippen LogP contribution is 2.14. The number of ether oxygens (including phenoxy) is 2. The van der Waals surface area contributed by atoms with Gasteiger partial charge in [0, 0.05) is 25.1 Å². The van der Waals surface area contributed by atoms with Gasteiger partial charge in [-0.05, 0) is 12.5 Å². The molecular formula is C17H29NO3. The van der Waals surface area contributed by atoms with Crippen LogP contribution in [0.25, 0.3) is 0 Å². The van der Waals surface area contributed by atoms with Crippen LogP contribution in [0.5, 0.6) is 0 Å². The highest BCUT2D eigenvalue weighted by Gasteiger charge is 2.18. The van der Waals surface area contributed by atoms with Crippen LogP contribution in [-0.4, -0.2) is 44.2 Å². The van der Waals surface area contributed by atoms with E-state index in [9.17, 15) is 5.11 Å². The fourth-order valence-electron chi connectivity index (χ4n) is 1.97. The van der Waals surface area contributed by atoms with Gasteiger partial charge in [-0.1, -0.05) is 44.2 Å². The first-order chi connectivity index (χ1) is 10.0. The van der Waals surface area contributed by atoms with Crippen molar-refractivity contribution < 1.29 is 14.6 Å². The second kappa shape index (κ2) is 9.90. The molecular weight excluding hydrogens is 266 g/mol. The van der Waals surface area contributed by atoms with Crippen LogP contribution >= 0.6 is 0 Å². The number of hydrogen-bond donors (Lipinski definition) is 2. The first-order valence-corrected chi connectivity index (χ1v) is 7.61. The normalized spacial score (nSPS) is 13.3. The van der Waals surface area contributed by atoms with E-state index in [1.807, 2.05) is 25.1 Å². The zero-order valence-corrected chi connectivity index (χ0v) is 13.5. The van der Waals surface area contributed by atoms with Gasteiger partial charge in [0.15, 0.2) is 0 Å². The average Bonchev–Trinajstić information content (AvgIpc) is 2.46. The molecule has 21 heavy (non-hydrogen) atoms. The van der Waals surface area contributed by atoms with Crippen molar-refractivity contribution in [2.45, 2.75) is 33.4 Å². The third-order valence-electron chi connectivity index (χ3n) is 3.09. The number of benzene rings is 1. The summed E-state index contributed by atoms with van der Waals surface area (Å²) in [6.07, 6.45) is -0.543. The van der Waals surface area contributed by atoms with Crippen LogP contribution in [-0.2, 0) is 16.0 Å². The molecule has 1 aromatic carbocycles. The van der Waals surface area contributed by atoms with E-state index in [2.05, 4.69) is 31.3 Å². The fourth-order valence-corrected chi connectivity index (χ4v) is 1.97. The molecule has 0 fully saturated rings. The minimum absolute atomic E-state index is 0.0279. The Morgan fingerprint density at radius 2 is 1.81 bits per heavy atom. The molecule has 4 nitrogen and oxygen atoms in total. The smallest absolute Gasteiger partial charge is 0.101 e. The van der Waals surface area contributed by atoms with E-state index in [1.54, 1.807) is 0 Å². The van der Waals surface area contributed by atoms with E-state index in [0.29, 0.717) is 26.4 Å². The zero-order chi connectivity index (χ0) is 15.6.